The summed E-state index contributed by atoms with van der Waals surface area (Å²) in [6.07, 6.45) is 1.55. The molecule has 0 saturated carbocycles. The first-order valence-electron chi connectivity index (χ1n) is 6.10. The molecule has 1 heterocycles. The normalized spacial score (nSPS) is 12.6. The standard InChI is InChI=1S/C12H21BrN4O/c1-5-14-11-10(13)12(16-7-15-11)17-9(6-18-4)8(2)3/h7-9H,5-6H2,1-4H3,(H2,14,15,16,17). The maximum atomic E-state index is 5.22. The third-order valence-corrected chi connectivity index (χ3v) is 3.36. The van der Waals surface area contributed by atoms with Gasteiger partial charge in [-0.2, -0.15) is 0 Å². The van der Waals surface area contributed by atoms with E-state index < -0.39 is 0 Å². The molecule has 0 aliphatic rings. The Kier molecular flexibility index (Phi) is 6.35. The highest BCUT2D eigenvalue weighted by molar-refractivity contribution is 9.10. The van der Waals surface area contributed by atoms with Crippen LogP contribution in [0.5, 0.6) is 0 Å². The van der Waals surface area contributed by atoms with Crippen molar-refractivity contribution >= 4 is 27.6 Å². The minimum Gasteiger partial charge on any atom is -0.383 e. The molecule has 0 bridgehead atoms. The molecular formula is C12H21BrN4O. The van der Waals surface area contributed by atoms with E-state index in [1.165, 1.54) is 0 Å². The summed E-state index contributed by atoms with van der Waals surface area (Å²) >= 11 is 3.52. The summed E-state index contributed by atoms with van der Waals surface area (Å²) in [5.41, 5.74) is 0. The topological polar surface area (TPSA) is 59.1 Å². The van der Waals surface area contributed by atoms with Crippen LogP contribution in [0.15, 0.2) is 10.8 Å². The molecule has 18 heavy (non-hydrogen) atoms. The average molecular weight is 317 g/mol. The van der Waals surface area contributed by atoms with Gasteiger partial charge in [-0.3, -0.25) is 0 Å². The van der Waals surface area contributed by atoms with Crippen LogP contribution in [0.1, 0.15) is 20.8 Å². The molecule has 1 aromatic rings. The zero-order valence-electron chi connectivity index (χ0n) is 11.3. The first kappa shape index (κ1) is 15.2. The number of hydrogen-bond acceptors (Lipinski definition) is 5. The molecule has 0 aliphatic heterocycles. The van der Waals surface area contributed by atoms with Crippen molar-refractivity contribution < 1.29 is 4.74 Å². The summed E-state index contributed by atoms with van der Waals surface area (Å²) in [6, 6.07) is 0.218. The highest BCUT2D eigenvalue weighted by Gasteiger charge is 2.16. The first-order chi connectivity index (χ1) is 8.60. The third kappa shape index (κ3) is 4.10. The molecule has 1 aromatic heterocycles. The number of anilines is 2. The molecule has 0 amide bonds. The molecule has 0 spiro atoms. The van der Waals surface area contributed by atoms with Gasteiger partial charge < -0.3 is 15.4 Å². The third-order valence-electron chi connectivity index (χ3n) is 2.61. The molecule has 0 radical (unpaired) electrons. The van der Waals surface area contributed by atoms with Crippen LogP contribution in [0.4, 0.5) is 11.6 Å². The number of rotatable bonds is 7. The highest BCUT2D eigenvalue weighted by Crippen LogP contribution is 2.27. The van der Waals surface area contributed by atoms with Crippen molar-refractivity contribution in [2.45, 2.75) is 26.8 Å². The summed E-state index contributed by atoms with van der Waals surface area (Å²) < 4.78 is 6.07. The van der Waals surface area contributed by atoms with Gasteiger partial charge in [0.2, 0.25) is 0 Å². The van der Waals surface area contributed by atoms with Crippen LogP contribution >= 0.6 is 15.9 Å². The van der Waals surface area contributed by atoms with E-state index in [9.17, 15) is 0 Å². The Morgan fingerprint density at radius 3 is 2.56 bits per heavy atom. The maximum absolute atomic E-state index is 5.22. The monoisotopic (exact) mass is 316 g/mol. The number of halogens is 1. The van der Waals surface area contributed by atoms with Crippen molar-refractivity contribution in [1.82, 2.24) is 9.97 Å². The van der Waals surface area contributed by atoms with Crippen molar-refractivity contribution in [2.75, 3.05) is 30.9 Å². The Bertz CT molecular complexity index is 373. The molecule has 102 valence electrons. The van der Waals surface area contributed by atoms with E-state index in [0.717, 1.165) is 22.7 Å². The van der Waals surface area contributed by atoms with Crippen molar-refractivity contribution in [3.63, 3.8) is 0 Å². The van der Waals surface area contributed by atoms with Gasteiger partial charge in [-0.1, -0.05) is 13.8 Å². The quantitative estimate of drug-likeness (QED) is 0.810. The Hall–Kier alpha value is -0.880. The van der Waals surface area contributed by atoms with Gasteiger partial charge >= 0.3 is 0 Å². The zero-order chi connectivity index (χ0) is 13.5. The molecule has 0 fully saturated rings. The van der Waals surface area contributed by atoms with Crippen LogP contribution in [-0.2, 0) is 4.74 Å². The summed E-state index contributed by atoms with van der Waals surface area (Å²) in [6.45, 7) is 7.79. The van der Waals surface area contributed by atoms with Crippen LogP contribution in [0.3, 0.4) is 0 Å². The second-order valence-electron chi connectivity index (χ2n) is 4.37. The summed E-state index contributed by atoms with van der Waals surface area (Å²) in [4.78, 5) is 8.45. The SMILES string of the molecule is CCNc1ncnc(NC(COC)C(C)C)c1Br. The van der Waals surface area contributed by atoms with Gasteiger partial charge in [-0.15, -0.1) is 0 Å². The lowest BCUT2D eigenvalue weighted by atomic mass is 10.1. The maximum Gasteiger partial charge on any atom is 0.146 e. The number of nitrogens with one attached hydrogen (secondary N) is 2. The van der Waals surface area contributed by atoms with E-state index in [-0.39, 0.29) is 6.04 Å². The van der Waals surface area contributed by atoms with Crippen LogP contribution in [-0.4, -0.2) is 36.3 Å². The number of aromatic nitrogens is 2. The second kappa shape index (κ2) is 7.53. The van der Waals surface area contributed by atoms with E-state index >= 15 is 0 Å². The smallest absolute Gasteiger partial charge is 0.146 e. The van der Waals surface area contributed by atoms with E-state index in [1.807, 2.05) is 6.92 Å². The van der Waals surface area contributed by atoms with Gasteiger partial charge in [0.25, 0.3) is 0 Å². The van der Waals surface area contributed by atoms with Gasteiger partial charge in [0.1, 0.15) is 22.4 Å². The minimum absolute atomic E-state index is 0.218. The van der Waals surface area contributed by atoms with Gasteiger partial charge in [-0.25, -0.2) is 9.97 Å². The van der Waals surface area contributed by atoms with Crippen molar-refractivity contribution in [2.24, 2.45) is 5.92 Å². The molecule has 0 saturated heterocycles. The van der Waals surface area contributed by atoms with Gasteiger partial charge in [0.05, 0.1) is 12.6 Å². The molecule has 1 atom stereocenters. The second-order valence-corrected chi connectivity index (χ2v) is 5.16. The fourth-order valence-electron chi connectivity index (χ4n) is 1.52. The minimum atomic E-state index is 0.218. The molecular weight excluding hydrogens is 296 g/mol. The predicted molar refractivity (Wildman–Crippen MR) is 78.0 cm³/mol. The fourth-order valence-corrected chi connectivity index (χ4v) is 1.98. The zero-order valence-corrected chi connectivity index (χ0v) is 12.9. The molecule has 0 aliphatic carbocycles. The van der Waals surface area contributed by atoms with Crippen LogP contribution < -0.4 is 10.6 Å². The van der Waals surface area contributed by atoms with Gasteiger partial charge in [0.15, 0.2) is 0 Å². The van der Waals surface area contributed by atoms with E-state index in [4.69, 9.17) is 4.74 Å². The molecule has 1 unspecified atom stereocenters. The van der Waals surface area contributed by atoms with Crippen molar-refractivity contribution in [1.29, 1.82) is 0 Å². The lowest BCUT2D eigenvalue weighted by molar-refractivity contribution is 0.171. The summed E-state index contributed by atoms with van der Waals surface area (Å²) in [5.74, 6) is 2.04. The van der Waals surface area contributed by atoms with E-state index in [2.05, 4.69) is 50.4 Å². The summed E-state index contributed by atoms with van der Waals surface area (Å²) in [7, 11) is 1.70. The summed E-state index contributed by atoms with van der Waals surface area (Å²) in [5, 5.41) is 6.56. The van der Waals surface area contributed by atoms with Crippen LogP contribution in [0.25, 0.3) is 0 Å². The highest BCUT2D eigenvalue weighted by atomic mass is 79.9. The van der Waals surface area contributed by atoms with Crippen molar-refractivity contribution in [3.8, 4) is 0 Å². The van der Waals surface area contributed by atoms with Gasteiger partial charge in [0, 0.05) is 13.7 Å². The number of ether oxygens (including phenoxy) is 1. The average Bonchev–Trinajstić information content (AvgIpc) is 2.33. The lowest BCUT2D eigenvalue weighted by Crippen LogP contribution is -2.31. The fraction of sp³-hybridized carbons (Fsp3) is 0.667. The number of methoxy groups -OCH3 is 1. The molecule has 2 N–H and O–H groups in total. The molecule has 0 aromatic carbocycles. The Balaban J connectivity index is 2.85. The van der Waals surface area contributed by atoms with Crippen LogP contribution in [0.2, 0.25) is 0 Å². The lowest BCUT2D eigenvalue weighted by Gasteiger charge is -2.23. The van der Waals surface area contributed by atoms with Crippen molar-refractivity contribution in [3.05, 3.63) is 10.8 Å². The van der Waals surface area contributed by atoms with Crippen LogP contribution in [0, 0.1) is 5.92 Å². The predicted octanol–water partition coefficient (Wildman–Crippen LogP) is 2.75. The first-order valence-corrected chi connectivity index (χ1v) is 6.89. The molecule has 1 rings (SSSR count). The van der Waals surface area contributed by atoms with Gasteiger partial charge in [-0.05, 0) is 28.8 Å². The molecule has 5 nitrogen and oxygen atoms in total. The Labute approximate surface area is 117 Å². The number of nitrogens with zero attached hydrogens (tertiary/aromatic N) is 2. The Morgan fingerprint density at radius 2 is 2.00 bits per heavy atom. The van der Waals surface area contributed by atoms with E-state index in [1.54, 1.807) is 13.4 Å². The molecule has 6 heteroatoms. The Morgan fingerprint density at radius 1 is 1.33 bits per heavy atom. The largest absolute Gasteiger partial charge is 0.383 e. The number of hydrogen-bond donors (Lipinski definition) is 2. The van der Waals surface area contributed by atoms with E-state index in [0.29, 0.717) is 12.5 Å².